The molecule has 0 fully saturated rings. The van der Waals surface area contributed by atoms with Gasteiger partial charge in [-0.3, -0.25) is 0 Å². The van der Waals surface area contributed by atoms with Gasteiger partial charge >= 0.3 is 0 Å². The van der Waals surface area contributed by atoms with E-state index in [4.69, 9.17) is 4.74 Å². The van der Waals surface area contributed by atoms with Gasteiger partial charge in [0.1, 0.15) is 24.6 Å². The highest BCUT2D eigenvalue weighted by molar-refractivity contribution is 5.87. The summed E-state index contributed by atoms with van der Waals surface area (Å²) < 4.78 is 33.5. The molecule has 0 saturated carbocycles. The van der Waals surface area contributed by atoms with Gasteiger partial charge in [0.2, 0.25) is 0 Å². The van der Waals surface area contributed by atoms with Crippen LogP contribution in [-0.2, 0) is 0 Å². The molecule has 0 aliphatic heterocycles. The van der Waals surface area contributed by atoms with Crippen molar-refractivity contribution < 1.29 is 13.5 Å². The molecule has 0 amide bonds. The van der Waals surface area contributed by atoms with Gasteiger partial charge in [0, 0.05) is 6.07 Å². The van der Waals surface area contributed by atoms with Crippen molar-refractivity contribution in [1.82, 2.24) is 19.7 Å². The lowest BCUT2D eigenvalue weighted by Gasteiger charge is -2.09. The molecule has 8 heteroatoms. The number of anilines is 1. The minimum Gasteiger partial charge on any atom is -0.489 e. The van der Waals surface area contributed by atoms with E-state index in [0.717, 1.165) is 23.2 Å². The Kier molecular flexibility index (Phi) is 4.61. The second-order valence-electron chi connectivity index (χ2n) is 5.70. The maximum atomic E-state index is 13.6. The number of hydrogen-bond donors (Lipinski definition) is 1. The van der Waals surface area contributed by atoms with E-state index >= 15 is 0 Å². The molecule has 136 valence electrons. The van der Waals surface area contributed by atoms with Crippen LogP contribution in [0.15, 0.2) is 61.1 Å². The maximum absolute atomic E-state index is 13.6. The number of rotatable bonds is 6. The Morgan fingerprint density at radius 3 is 2.70 bits per heavy atom. The van der Waals surface area contributed by atoms with Gasteiger partial charge in [0.25, 0.3) is 0 Å². The second-order valence-corrected chi connectivity index (χ2v) is 5.70. The highest BCUT2D eigenvalue weighted by Gasteiger charge is 2.11. The van der Waals surface area contributed by atoms with E-state index in [9.17, 15) is 8.78 Å². The first-order valence-corrected chi connectivity index (χ1v) is 8.28. The minimum absolute atomic E-state index is 0.00271. The molecule has 2 aromatic heterocycles. The normalized spacial score (nSPS) is 10.9. The molecule has 27 heavy (non-hydrogen) atoms. The van der Waals surface area contributed by atoms with Crippen molar-refractivity contribution in [2.24, 2.45) is 0 Å². The van der Waals surface area contributed by atoms with Crippen molar-refractivity contribution in [2.45, 2.75) is 0 Å². The summed E-state index contributed by atoms with van der Waals surface area (Å²) in [6.45, 7) is 0.556. The van der Waals surface area contributed by atoms with Crippen molar-refractivity contribution in [2.75, 3.05) is 18.5 Å². The van der Waals surface area contributed by atoms with E-state index in [2.05, 4.69) is 20.4 Å². The predicted molar refractivity (Wildman–Crippen MR) is 97.0 cm³/mol. The highest BCUT2D eigenvalue weighted by atomic mass is 19.1. The molecule has 0 radical (unpaired) electrons. The van der Waals surface area contributed by atoms with Crippen LogP contribution in [-0.4, -0.2) is 32.9 Å². The Balaban J connectivity index is 1.46. The molecular weight excluding hydrogens is 352 g/mol. The molecule has 1 N–H and O–H groups in total. The first kappa shape index (κ1) is 16.9. The van der Waals surface area contributed by atoms with Crippen LogP contribution in [0.5, 0.6) is 5.75 Å². The van der Waals surface area contributed by atoms with Crippen LogP contribution in [0.3, 0.4) is 0 Å². The topological polar surface area (TPSA) is 64.9 Å². The van der Waals surface area contributed by atoms with Gasteiger partial charge in [-0.25, -0.2) is 23.4 Å². The summed E-state index contributed by atoms with van der Waals surface area (Å²) >= 11 is 0. The summed E-state index contributed by atoms with van der Waals surface area (Å²) in [6, 6.07) is 12.9. The number of hydrogen-bond acceptors (Lipinski definition) is 5. The number of benzene rings is 2. The van der Waals surface area contributed by atoms with E-state index in [1.54, 1.807) is 10.9 Å². The number of ether oxygens (including phenoxy) is 1. The van der Waals surface area contributed by atoms with Crippen LogP contribution in [0.2, 0.25) is 0 Å². The summed E-state index contributed by atoms with van der Waals surface area (Å²) in [7, 11) is 0. The van der Waals surface area contributed by atoms with Crippen LogP contribution >= 0.6 is 0 Å². The van der Waals surface area contributed by atoms with Crippen molar-refractivity contribution in [3.05, 3.63) is 72.7 Å². The molecule has 4 rings (SSSR count). The van der Waals surface area contributed by atoms with Gasteiger partial charge in [-0.1, -0.05) is 18.2 Å². The van der Waals surface area contributed by atoms with E-state index in [1.807, 2.05) is 30.3 Å². The van der Waals surface area contributed by atoms with Crippen LogP contribution in [0.1, 0.15) is 0 Å². The summed E-state index contributed by atoms with van der Waals surface area (Å²) in [6.07, 6.45) is 3.14. The zero-order chi connectivity index (χ0) is 18.6. The molecule has 2 aromatic carbocycles. The third kappa shape index (κ3) is 3.55. The molecule has 4 aromatic rings. The zero-order valence-corrected chi connectivity index (χ0v) is 14.1. The number of halogens is 2. The van der Waals surface area contributed by atoms with Crippen molar-refractivity contribution in [3.63, 3.8) is 0 Å². The Bertz CT molecular complexity index is 1070. The number of nitrogens with one attached hydrogen (secondary N) is 1. The lowest BCUT2D eigenvalue weighted by molar-refractivity contribution is 0.314. The lowest BCUT2D eigenvalue weighted by atomic mass is 10.3. The predicted octanol–water partition coefficient (Wildman–Crippen LogP) is 3.58. The van der Waals surface area contributed by atoms with Gasteiger partial charge in [-0.05, 0) is 24.3 Å². The lowest BCUT2D eigenvalue weighted by Crippen LogP contribution is -2.13. The largest absolute Gasteiger partial charge is 0.489 e. The Labute approximate surface area is 153 Å². The minimum atomic E-state index is -0.733. The van der Waals surface area contributed by atoms with Crippen LogP contribution in [0, 0.1) is 11.6 Å². The molecule has 0 saturated heterocycles. The van der Waals surface area contributed by atoms with E-state index in [1.165, 1.54) is 12.4 Å². The fraction of sp³-hybridized carbons (Fsp3) is 0.105. The van der Waals surface area contributed by atoms with E-state index in [-0.39, 0.29) is 12.4 Å². The molecule has 6 nitrogen and oxygen atoms in total. The fourth-order valence-corrected chi connectivity index (χ4v) is 2.67. The average molecular weight is 367 g/mol. The number of fused-ring (bicyclic) bond motifs is 1. The van der Waals surface area contributed by atoms with Gasteiger partial charge in [0.05, 0.1) is 23.8 Å². The van der Waals surface area contributed by atoms with Crippen molar-refractivity contribution in [3.8, 4) is 11.4 Å². The molecule has 0 atom stereocenters. The van der Waals surface area contributed by atoms with Gasteiger partial charge in [-0.2, -0.15) is 5.10 Å². The highest BCUT2D eigenvalue weighted by Crippen LogP contribution is 2.21. The monoisotopic (exact) mass is 367 g/mol. The molecule has 0 spiro atoms. The van der Waals surface area contributed by atoms with Crippen molar-refractivity contribution >= 4 is 16.9 Å². The van der Waals surface area contributed by atoms with Gasteiger partial charge < -0.3 is 10.1 Å². The molecule has 2 heterocycles. The van der Waals surface area contributed by atoms with Gasteiger partial charge in [-0.15, -0.1) is 0 Å². The number of nitrogens with zero attached hydrogens (tertiary/aromatic N) is 4. The number of aromatic nitrogens is 4. The summed E-state index contributed by atoms with van der Waals surface area (Å²) in [5, 5.41) is 8.27. The fourth-order valence-electron chi connectivity index (χ4n) is 2.67. The molecule has 0 aliphatic rings. The smallest absolute Gasteiger partial charge is 0.168 e. The van der Waals surface area contributed by atoms with Crippen LogP contribution < -0.4 is 10.1 Å². The van der Waals surface area contributed by atoms with E-state index < -0.39 is 11.6 Å². The summed E-state index contributed by atoms with van der Waals surface area (Å²) in [5.74, 6) is -0.770. The molecule has 0 bridgehead atoms. The molecule has 0 unspecified atom stereocenters. The summed E-state index contributed by atoms with van der Waals surface area (Å²) in [4.78, 5) is 8.54. The van der Waals surface area contributed by atoms with Crippen molar-refractivity contribution in [1.29, 1.82) is 0 Å². The third-order valence-corrected chi connectivity index (χ3v) is 3.91. The first-order chi connectivity index (χ1) is 13.2. The van der Waals surface area contributed by atoms with E-state index in [0.29, 0.717) is 18.0 Å². The average Bonchev–Trinajstić information content (AvgIpc) is 3.12. The Morgan fingerprint density at radius 1 is 1.04 bits per heavy atom. The Hall–Kier alpha value is -3.55. The SMILES string of the molecule is Fc1ccc(OCCNc2ncnc3c2cnn3-c2ccccc2)c(F)c1. The number of para-hydroxylation sites is 1. The molecule has 0 aliphatic carbocycles. The maximum Gasteiger partial charge on any atom is 0.168 e. The standard InChI is InChI=1S/C19H15F2N5O/c20-13-6-7-17(16(21)10-13)27-9-8-22-18-15-11-25-26(19(15)24-12-23-18)14-4-2-1-3-5-14/h1-7,10-12H,8-9H2,(H,22,23,24). The second kappa shape index (κ2) is 7.36. The summed E-state index contributed by atoms with van der Waals surface area (Å²) in [5.41, 5.74) is 1.57. The first-order valence-electron chi connectivity index (χ1n) is 8.28. The van der Waals surface area contributed by atoms with Gasteiger partial charge in [0.15, 0.2) is 17.2 Å². The zero-order valence-electron chi connectivity index (χ0n) is 14.1. The quantitative estimate of drug-likeness (QED) is 0.528. The van der Waals surface area contributed by atoms with Crippen LogP contribution in [0.4, 0.5) is 14.6 Å². The molecular formula is C19H15F2N5O. The third-order valence-electron chi connectivity index (χ3n) is 3.91. The van der Waals surface area contributed by atoms with Crippen LogP contribution in [0.25, 0.3) is 16.7 Å². The Morgan fingerprint density at radius 2 is 1.89 bits per heavy atom.